The van der Waals surface area contributed by atoms with Crippen LogP contribution in [0.5, 0.6) is 0 Å². The predicted octanol–water partition coefficient (Wildman–Crippen LogP) is 4.50. The smallest absolute Gasteiger partial charge is 0.350 e. The topological polar surface area (TPSA) is 90.2 Å². The van der Waals surface area contributed by atoms with E-state index >= 15 is 0 Å². The van der Waals surface area contributed by atoms with E-state index in [2.05, 4.69) is 15.1 Å². The molecule has 0 bridgehead atoms. The molecular formula is C24H22FN5O3S. The Hall–Kier alpha value is -3.92. The zero-order valence-electron chi connectivity index (χ0n) is 18.9. The first-order chi connectivity index (χ1) is 16.4. The van der Waals surface area contributed by atoms with E-state index < -0.39 is 5.97 Å². The molecule has 0 saturated heterocycles. The van der Waals surface area contributed by atoms with Gasteiger partial charge in [0.2, 0.25) is 0 Å². The summed E-state index contributed by atoms with van der Waals surface area (Å²) in [6.07, 6.45) is 3.13. The molecular weight excluding hydrogens is 457 g/mol. The Kier molecular flexibility index (Phi) is 6.78. The Morgan fingerprint density at radius 3 is 2.59 bits per heavy atom. The highest BCUT2D eigenvalue weighted by molar-refractivity contribution is 7.17. The van der Waals surface area contributed by atoms with Crippen LogP contribution in [-0.2, 0) is 11.3 Å². The third-order valence-electron chi connectivity index (χ3n) is 5.08. The minimum Gasteiger partial charge on any atom is -0.462 e. The van der Waals surface area contributed by atoms with Crippen LogP contribution in [0.25, 0.3) is 5.82 Å². The van der Waals surface area contributed by atoms with Crippen LogP contribution in [0.2, 0.25) is 0 Å². The second kappa shape index (κ2) is 9.92. The van der Waals surface area contributed by atoms with E-state index in [1.807, 2.05) is 6.07 Å². The number of benzene rings is 1. The average Bonchev–Trinajstić information content (AvgIpc) is 3.41. The second-order valence-corrected chi connectivity index (χ2v) is 8.37. The predicted molar refractivity (Wildman–Crippen MR) is 126 cm³/mol. The number of aromatic nitrogens is 4. The summed E-state index contributed by atoms with van der Waals surface area (Å²) in [6.45, 7) is 5.55. The molecule has 4 rings (SSSR count). The number of hydrogen-bond acceptors (Lipinski definition) is 7. The van der Waals surface area contributed by atoms with Gasteiger partial charge in [-0.3, -0.25) is 9.69 Å². The zero-order chi connectivity index (χ0) is 24.2. The van der Waals surface area contributed by atoms with E-state index in [1.165, 1.54) is 23.2 Å². The summed E-state index contributed by atoms with van der Waals surface area (Å²) >= 11 is 1.08. The molecule has 0 atom stereocenters. The highest BCUT2D eigenvalue weighted by atomic mass is 32.1. The molecule has 0 saturated carbocycles. The number of pyridine rings is 1. The number of carbonyl (C=O) groups excluding carboxylic acids is 2. The van der Waals surface area contributed by atoms with Crippen molar-refractivity contribution in [3.63, 3.8) is 0 Å². The highest BCUT2D eigenvalue weighted by Gasteiger charge is 2.27. The maximum atomic E-state index is 13.7. The summed E-state index contributed by atoms with van der Waals surface area (Å²) in [6, 6.07) is 11.3. The van der Waals surface area contributed by atoms with Crippen molar-refractivity contribution in [1.29, 1.82) is 0 Å². The van der Waals surface area contributed by atoms with Gasteiger partial charge < -0.3 is 4.74 Å². The Morgan fingerprint density at radius 2 is 1.91 bits per heavy atom. The lowest BCUT2D eigenvalue weighted by atomic mass is 10.2. The van der Waals surface area contributed by atoms with Crippen LogP contribution in [0.3, 0.4) is 0 Å². The van der Waals surface area contributed by atoms with Crippen molar-refractivity contribution >= 4 is 28.3 Å². The molecule has 0 radical (unpaired) electrons. The molecule has 4 aromatic rings. The minimum absolute atomic E-state index is 0.128. The first-order valence-corrected chi connectivity index (χ1v) is 11.4. The summed E-state index contributed by atoms with van der Waals surface area (Å²) in [7, 11) is 0. The molecule has 0 unspecified atom stereocenters. The Balaban J connectivity index is 1.74. The molecule has 8 nitrogen and oxygen atoms in total. The summed E-state index contributed by atoms with van der Waals surface area (Å²) < 4.78 is 20.1. The number of esters is 1. The van der Waals surface area contributed by atoms with E-state index in [9.17, 15) is 14.0 Å². The quantitative estimate of drug-likeness (QED) is 0.363. The molecule has 3 aromatic heterocycles. The van der Waals surface area contributed by atoms with Gasteiger partial charge in [0.1, 0.15) is 10.7 Å². The fraction of sp³-hybridized carbons (Fsp3) is 0.208. The summed E-state index contributed by atoms with van der Waals surface area (Å²) in [5, 5.41) is 4.68. The largest absolute Gasteiger partial charge is 0.462 e. The van der Waals surface area contributed by atoms with Crippen LogP contribution in [0, 0.1) is 19.7 Å². The molecule has 1 amide bonds. The van der Waals surface area contributed by atoms with Crippen molar-refractivity contribution in [2.45, 2.75) is 27.3 Å². The minimum atomic E-state index is -0.489. The fourth-order valence-corrected chi connectivity index (χ4v) is 4.32. The van der Waals surface area contributed by atoms with E-state index in [1.54, 1.807) is 55.9 Å². The third-order valence-corrected chi connectivity index (χ3v) is 6.24. The van der Waals surface area contributed by atoms with Crippen LogP contribution in [0.15, 0.2) is 54.9 Å². The number of anilines is 1. The van der Waals surface area contributed by atoms with Gasteiger partial charge in [-0.2, -0.15) is 5.10 Å². The average molecular weight is 480 g/mol. The first-order valence-electron chi connectivity index (χ1n) is 10.6. The molecule has 1 aromatic carbocycles. The second-order valence-electron chi connectivity index (χ2n) is 7.39. The monoisotopic (exact) mass is 479 g/mol. The van der Waals surface area contributed by atoms with Gasteiger partial charge in [-0.1, -0.05) is 29.5 Å². The lowest BCUT2D eigenvalue weighted by molar-refractivity contribution is 0.0531. The molecule has 0 spiro atoms. The van der Waals surface area contributed by atoms with Crippen molar-refractivity contribution in [3.8, 4) is 5.82 Å². The van der Waals surface area contributed by atoms with Crippen molar-refractivity contribution in [1.82, 2.24) is 19.7 Å². The van der Waals surface area contributed by atoms with E-state index in [4.69, 9.17) is 4.74 Å². The van der Waals surface area contributed by atoms with Crippen LogP contribution in [0.4, 0.5) is 9.52 Å². The molecule has 0 fully saturated rings. The van der Waals surface area contributed by atoms with Gasteiger partial charge >= 0.3 is 5.97 Å². The van der Waals surface area contributed by atoms with E-state index in [0.29, 0.717) is 38.3 Å². The molecule has 0 aliphatic carbocycles. The molecule has 10 heteroatoms. The van der Waals surface area contributed by atoms with Crippen LogP contribution >= 0.6 is 11.3 Å². The van der Waals surface area contributed by atoms with Gasteiger partial charge in [0.25, 0.3) is 5.91 Å². The third kappa shape index (κ3) is 4.72. The Labute approximate surface area is 199 Å². The summed E-state index contributed by atoms with van der Waals surface area (Å²) in [5.41, 5.74) is 2.14. The van der Waals surface area contributed by atoms with Gasteiger partial charge in [0.15, 0.2) is 10.9 Å². The van der Waals surface area contributed by atoms with Crippen LogP contribution in [-0.4, -0.2) is 38.2 Å². The molecule has 0 aliphatic heterocycles. The molecule has 0 N–H and O–H groups in total. The maximum Gasteiger partial charge on any atom is 0.350 e. The van der Waals surface area contributed by atoms with Crippen LogP contribution in [0.1, 0.15) is 43.9 Å². The standard InChI is InChI=1S/C24H22FN5O3S/c1-4-33-23(32)21-15(2)28-24(34-21)29(14-17-8-10-18(25)11-9-17)22(31)19-13-27-30(16(19)3)20-7-5-6-12-26-20/h5-13H,4,14H2,1-3H3. The molecule has 0 aliphatic rings. The van der Waals surface area contributed by atoms with Gasteiger partial charge in [0.05, 0.1) is 36.3 Å². The van der Waals surface area contributed by atoms with Crippen LogP contribution < -0.4 is 4.90 Å². The van der Waals surface area contributed by atoms with Gasteiger partial charge in [0, 0.05) is 6.20 Å². The number of ether oxygens (including phenoxy) is 1. The lowest BCUT2D eigenvalue weighted by Gasteiger charge is -2.20. The maximum absolute atomic E-state index is 13.7. The number of nitrogens with zero attached hydrogens (tertiary/aromatic N) is 5. The SMILES string of the molecule is CCOC(=O)c1sc(N(Cc2ccc(F)cc2)C(=O)c2cnn(-c3ccccn3)c2C)nc1C. The fourth-order valence-electron chi connectivity index (χ4n) is 3.36. The number of halogens is 1. The lowest BCUT2D eigenvalue weighted by Crippen LogP contribution is -2.30. The van der Waals surface area contributed by atoms with E-state index in [-0.39, 0.29) is 24.9 Å². The number of hydrogen-bond donors (Lipinski definition) is 0. The zero-order valence-corrected chi connectivity index (χ0v) is 19.7. The van der Waals surface area contributed by atoms with Gasteiger partial charge in [-0.15, -0.1) is 0 Å². The van der Waals surface area contributed by atoms with Crippen molar-refractivity contribution in [3.05, 3.63) is 88.1 Å². The van der Waals surface area contributed by atoms with Crippen molar-refractivity contribution < 1.29 is 18.7 Å². The van der Waals surface area contributed by atoms with Crippen molar-refractivity contribution in [2.75, 3.05) is 11.5 Å². The molecule has 3 heterocycles. The Morgan fingerprint density at radius 1 is 1.15 bits per heavy atom. The van der Waals surface area contributed by atoms with E-state index in [0.717, 1.165) is 11.3 Å². The highest BCUT2D eigenvalue weighted by Crippen LogP contribution is 2.30. The number of thiazole rings is 1. The Bertz CT molecular complexity index is 1320. The molecule has 34 heavy (non-hydrogen) atoms. The summed E-state index contributed by atoms with van der Waals surface area (Å²) in [4.78, 5) is 36.6. The summed E-state index contributed by atoms with van der Waals surface area (Å²) in [5.74, 6) is -0.632. The number of carbonyl (C=O) groups is 2. The van der Waals surface area contributed by atoms with Gasteiger partial charge in [-0.25, -0.2) is 23.8 Å². The first kappa shape index (κ1) is 23.2. The molecule has 174 valence electrons. The normalized spacial score (nSPS) is 10.8. The number of aryl methyl sites for hydroxylation is 1. The number of rotatable bonds is 7. The van der Waals surface area contributed by atoms with Gasteiger partial charge in [-0.05, 0) is 50.6 Å². The van der Waals surface area contributed by atoms with Crippen molar-refractivity contribution in [2.24, 2.45) is 0 Å². The number of amides is 1.